The zero-order chi connectivity index (χ0) is 14.8. The van der Waals surface area contributed by atoms with Crippen molar-refractivity contribution >= 4 is 15.9 Å². The molecule has 0 radical (unpaired) electrons. The van der Waals surface area contributed by atoms with Gasteiger partial charge in [0.15, 0.2) is 0 Å². The van der Waals surface area contributed by atoms with Crippen molar-refractivity contribution in [3.05, 3.63) is 34.1 Å². The van der Waals surface area contributed by atoms with E-state index in [1.165, 1.54) is 31.7 Å². The molecule has 1 fully saturated rings. The summed E-state index contributed by atoms with van der Waals surface area (Å²) in [4.78, 5) is 0. The van der Waals surface area contributed by atoms with Crippen molar-refractivity contribution in [2.24, 2.45) is 17.2 Å². The van der Waals surface area contributed by atoms with Crippen molar-refractivity contribution in [2.75, 3.05) is 0 Å². The van der Waals surface area contributed by atoms with E-state index >= 15 is 0 Å². The lowest BCUT2D eigenvalue weighted by Gasteiger charge is -2.43. The second kappa shape index (κ2) is 6.54. The first kappa shape index (κ1) is 15.9. The van der Waals surface area contributed by atoms with Gasteiger partial charge in [0.25, 0.3) is 0 Å². The Morgan fingerprint density at radius 2 is 2.20 bits per heavy atom. The van der Waals surface area contributed by atoms with Crippen LogP contribution in [0.25, 0.3) is 0 Å². The van der Waals surface area contributed by atoms with Crippen LogP contribution in [-0.4, -0.2) is 6.04 Å². The molecule has 1 aromatic rings. The fraction of sp³-hybridized carbons (Fsp3) is 0.625. The van der Waals surface area contributed by atoms with Gasteiger partial charge in [-0.2, -0.15) is 0 Å². The van der Waals surface area contributed by atoms with E-state index in [1.807, 2.05) is 12.1 Å². The van der Waals surface area contributed by atoms with E-state index < -0.39 is 0 Å². The summed E-state index contributed by atoms with van der Waals surface area (Å²) in [6.07, 6.45) is 5.89. The Morgan fingerprint density at radius 3 is 2.80 bits per heavy atom. The molecule has 2 nitrogen and oxygen atoms in total. The number of hydrazine groups is 1. The molecule has 1 aliphatic carbocycles. The van der Waals surface area contributed by atoms with E-state index in [0.29, 0.717) is 15.8 Å². The molecule has 1 saturated carbocycles. The van der Waals surface area contributed by atoms with Gasteiger partial charge in [-0.1, -0.05) is 32.8 Å². The third-order valence-electron chi connectivity index (χ3n) is 4.73. The van der Waals surface area contributed by atoms with E-state index in [4.69, 9.17) is 5.84 Å². The van der Waals surface area contributed by atoms with Crippen LogP contribution in [-0.2, 0) is 6.42 Å². The molecule has 0 bridgehead atoms. The Morgan fingerprint density at radius 1 is 1.45 bits per heavy atom. The maximum Gasteiger partial charge on any atom is 0.137 e. The maximum absolute atomic E-state index is 13.3. The molecule has 2 atom stereocenters. The first-order chi connectivity index (χ1) is 9.44. The zero-order valence-corrected chi connectivity index (χ0v) is 13.8. The Kier molecular flexibility index (Phi) is 5.21. The molecule has 2 unspecified atom stereocenters. The van der Waals surface area contributed by atoms with Gasteiger partial charge in [-0.05, 0) is 64.2 Å². The van der Waals surface area contributed by atoms with E-state index in [-0.39, 0.29) is 11.9 Å². The predicted octanol–water partition coefficient (Wildman–Crippen LogP) is 4.18. The highest BCUT2D eigenvalue weighted by Crippen LogP contribution is 2.42. The second-order valence-electron chi connectivity index (χ2n) is 6.57. The molecule has 2 rings (SSSR count). The highest BCUT2D eigenvalue weighted by molar-refractivity contribution is 9.10. The Hall–Kier alpha value is -0.450. The van der Waals surface area contributed by atoms with Crippen LogP contribution in [0.4, 0.5) is 4.39 Å². The van der Waals surface area contributed by atoms with Crippen molar-refractivity contribution in [2.45, 2.75) is 52.0 Å². The summed E-state index contributed by atoms with van der Waals surface area (Å²) in [5.41, 5.74) is 4.43. The molecule has 0 aromatic heterocycles. The Bertz CT molecular complexity index is 462. The third-order valence-corrected chi connectivity index (χ3v) is 5.34. The standard InChI is InChI=1S/C16H24BrFN2/c1-16(2)8-4-3-5-12(16)15(20-19)10-11-6-7-14(18)13(17)9-11/h6-7,9,12,15,20H,3-5,8,10,19H2,1-2H3. The first-order valence-electron chi connectivity index (χ1n) is 7.34. The van der Waals surface area contributed by atoms with E-state index in [0.717, 1.165) is 12.0 Å². The molecule has 1 aliphatic rings. The van der Waals surface area contributed by atoms with Crippen molar-refractivity contribution in [3.8, 4) is 0 Å². The lowest BCUT2D eigenvalue weighted by Crippen LogP contribution is -2.48. The van der Waals surface area contributed by atoms with Gasteiger partial charge in [-0.3, -0.25) is 11.3 Å². The average molecular weight is 343 g/mol. The molecule has 1 aromatic carbocycles. The van der Waals surface area contributed by atoms with Crippen LogP contribution in [0.3, 0.4) is 0 Å². The monoisotopic (exact) mass is 342 g/mol. The molecule has 20 heavy (non-hydrogen) atoms. The summed E-state index contributed by atoms with van der Waals surface area (Å²) in [5, 5.41) is 0. The number of halogens is 2. The van der Waals surface area contributed by atoms with Crippen LogP contribution in [0.15, 0.2) is 22.7 Å². The van der Waals surface area contributed by atoms with Crippen molar-refractivity contribution in [1.29, 1.82) is 0 Å². The van der Waals surface area contributed by atoms with Crippen molar-refractivity contribution in [1.82, 2.24) is 5.43 Å². The lowest BCUT2D eigenvalue weighted by molar-refractivity contribution is 0.0981. The smallest absolute Gasteiger partial charge is 0.137 e. The topological polar surface area (TPSA) is 38.0 Å². The number of nitrogens with one attached hydrogen (secondary N) is 1. The molecule has 3 N–H and O–H groups in total. The number of nitrogens with two attached hydrogens (primary N) is 1. The zero-order valence-electron chi connectivity index (χ0n) is 12.3. The second-order valence-corrected chi connectivity index (χ2v) is 7.42. The largest absolute Gasteiger partial charge is 0.271 e. The minimum absolute atomic E-state index is 0.219. The Labute approximate surface area is 129 Å². The molecule has 0 heterocycles. The van der Waals surface area contributed by atoms with Gasteiger partial charge in [0, 0.05) is 6.04 Å². The highest BCUT2D eigenvalue weighted by Gasteiger charge is 2.37. The summed E-state index contributed by atoms with van der Waals surface area (Å²) in [7, 11) is 0. The normalized spacial score (nSPS) is 23.6. The summed E-state index contributed by atoms with van der Waals surface area (Å²) in [5.74, 6) is 6.15. The van der Waals surface area contributed by atoms with Gasteiger partial charge >= 0.3 is 0 Å². The highest BCUT2D eigenvalue weighted by atomic mass is 79.9. The number of hydrogen-bond acceptors (Lipinski definition) is 2. The average Bonchev–Trinajstić information content (AvgIpc) is 2.40. The van der Waals surface area contributed by atoms with Gasteiger partial charge in [0.2, 0.25) is 0 Å². The molecule has 0 amide bonds. The van der Waals surface area contributed by atoms with E-state index in [2.05, 4.69) is 35.2 Å². The van der Waals surface area contributed by atoms with Crippen LogP contribution >= 0.6 is 15.9 Å². The van der Waals surface area contributed by atoms with Gasteiger partial charge < -0.3 is 0 Å². The molecule has 0 aliphatic heterocycles. The third kappa shape index (κ3) is 3.60. The fourth-order valence-corrected chi connectivity index (χ4v) is 3.93. The molecule has 0 spiro atoms. The van der Waals surface area contributed by atoms with Gasteiger partial charge in [-0.15, -0.1) is 0 Å². The Balaban J connectivity index is 2.13. The summed E-state index contributed by atoms with van der Waals surface area (Å²) >= 11 is 3.25. The van der Waals surface area contributed by atoms with Gasteiger partial charge in [0.05, 0.1) is 4.47 Å². The van der Waals surface area contributed by atoms with E-state index in [9.17, 15) is 4.39 Å². The molecule has 0 saturated heterocycles. The van der Waals surface area contributed by atoms with Crippen LogP contribution in [0.5, 0.6) is 0 Å². The van der Waals surface area contributed by atoms with Crippen molar-refractivity contribution in [3.63, 3.8) is 0 Å². The minimum Gasteiger partial charge on any atom is -0.271 e. The summed E-state index contributed by atoms with van der Waals surface area (Å²) < 4.78 is 13.8. The summed E-state index contributed by atoms with van der Waals surface area (Å²) in [6.45, 7) is 4.67. The molecule has 112 valence electrons. The van der Waals surface area contributed by atoms with Crippen molar-refractivity contribution < 1.29 is 4.39 Å². The van der Waals surface area contributed by atoms with E-state index in [1.54, 1.807) is 0 Å². The SMILES string of the molecule is CC1(C)CCCCC1C(Cc1ccc(F)c(Br)c1)NN. The molecule has 4 heteroatoms. The molecular weight excluding hydrogens is 319 g/mol. The van der Waals surface area contributed by atoms with Crippen LogP contribution in [0, 0.1) is 17.2 Å². The fourth-order valence-electron chi connectivity index (χ4n) is 3.50. The molecular formula is C16H24BrFN2. The predicted molar refractivity (Wildman–Crippen MR) is 84.7 cm³/mol. The number of hydrogen-bond donors (Lipinski definition) is 2. The van der Waals surface area contributed by atoms with Crippen LogP contribution < -0.4 is 11.3 Å². The van der Waals surface area contributed by atoms with Gasteiger partial charge in [0.1, 0.15) is 5.82 Å². The quantitative estimate of drug-likeness (QED) is 0.636. The summed E-state index contributed by atoms with van der Waals surface area (Å²) in [6, 6.07) is 5.46. The van der Waals surface area contributed by atoms with Crippen LogP contribution in [0.1, 0.15) is 45.1 Å². The van der Waals surface area contributed by atoms with Crippen LogP contribution in [0.2, 0.25) is 0 Å². The maximum atomic E-state index is 13.3. The van der Waals surface area contributed by atoms with Gasteiger partial charge in [-0.25, -0.2) is 4.39 Å². The number of benzene rings is 1. The minimum atomic E-state index is -0.219. The number of rotatable bonds is 4. The lowest BCUT2D eigenvalue weighted by atomic mass is 9.65. The first-order valence-corrected chi connectivity index (χ1v) is 8.13.